The molecule has 0 saturated heterocycles. The summed E-state index contributed by atoms with van der Waals surface area (Å²) in [7, 11) is 3.08. The minimum absolute atomic E-state index is 0.00280. The summed E-state index contributed by atoms with van der Waals surface area (Å²) in [6.07, 6.45) is 2.11. The van der Waals surface area contributed by atoms with Gasteiger partial charge in [-0.3, -0.25) is 9.59 Å². The van der Waals surface area contributed by atoms with Crippen molar-refractivity contribution in [3.63, 3.8) is 0 Å². The molecule has 0 aliphatic heterocycles. The molecule has 9 heteroatoms. The maximum Gasteiger partial charge on any atom is 0.256 e. The predicted molar refractivity (Wildman–Crippen MR) is 127 cm³/mol. The summed E-state index contributed by atoms with van der Waals surface area (Å²) in [6.45, 7) is 0. The van der Waals surface area contributed by atoms with Gasteiger partial charge >= 0.3 is 0 Å². The molecular formula is C23H23N3O4S2. The van der Waals surface area contributed by atoms with Crippen molar-refractivity contribution in [3.8, 4) is 22.8 Å². The molecule has 2 N–H and O–H groups in total. The third-order valence-corrected chi connectivity index (χ3v) is 6.88. The fourth-order valence-corrected chi connectivity index (χ4v) is 4.85. The van der Waals surface area contributed by atoms with Crippen molar-refractivity contribution in [1.29, 1.82) is 0 Å². The SMILES string of the molecule is COc1cc(OC)cc(C(=O)Nc2sc(SCC(=O)NC3CC3)nc2-c2ccccc2)c1. The van der Waals surface area contributed by atoms with Gasteiger partial charge in [0.25, 0.3) is 5.91 Å². The number of carbonyl (C=O) groups excluding carboxylic acids is 2. The van der Waals surface area contributed by atoms with E-state index in [1.165, 1.54) is 37.3 Å². The van der Waals surface area contributed by atoms with Crippen LogP contribution in [0.2, 0.25) is 0 Å². The van der Waals surface area contributed by atoms with E-state index < -0.39 is 0 Å². The summed E-state index contributed by atoms with van der Waals surface area (Å²) in [4.78, 5) is 29.8. The van der Waals surface area contributed by atoms with Crippen LogP contribution in [0.3, 0.4) is 0 Å². The predicted octanol–water partition coefficient (Wildman–Crippen LogP) is 4.45. The molecule has 0 radical (unpaired) electrons. The highest BCUT2D eigenvalue weighted by molar-refractivity contribution is 8.01. The Labute approximate surface area is 194 Å². The van der Waals surface area contributed by atoms with Crippen LogP contribution >= 0.6 is 23.1 Å². The molecule has 3 aromatic rings. The summed E-state index contributed by atoms with van der Waals surface area (Å²) >= 11 is 2.72. The zero-order valence-corrected chi connectivity index (χ0v) is 19.3. The van der Waals surface area contributed by atoms with Gasteiger partial charge in [-0.1, -0.05) is 53.4 Å². The Morgan fingerprint density at radius 1 is 1.09 bits per heavy atom. The zero-order chi connectivity index (χ0) is 22.5. The number of rotatable bonds is 9. The van der Waals surface area contributed by atoms with Crippen molar-refractivity contribution in [2.45, 2.75) is 23.2 Å². The Bertz CT molecular complexity index is 1090. The normalized spacial score (nSPS) is 12.8. The Morgan fingerprint density at radius 2 is 1.78 bits per heavy atom. The second-order valence-corrected chi connectivity index (χ2v) is 9.43. The van der Waals surface area contributed by atoms with E-state index in [9.17, 15) is 9.59 Å². The molecule has 2 aromatic carbocycles. The lowest BCUT2D eigenvalue weighted by Gasteiger charge is -2.09. The van der Waals surface area contributed by atoms with Crippen LogP contribution in [0.25, 0.3) is 11.3 Å². The number of benzene rings is 2. The second-order valence-electron chi connectivity index (χ2n) is 7.21. The van der Waals surface area contributed by atoms with Crippen molar-refractivity contribution in [1.82, 2.24) is 10.3 Å². The highest BCUT2D eigenvalue weighted by Crippen LogP contribution is 2.38. The van der Waals surface area contributed by atoms with E-state index in [-0.39, 0.29) is 11.8 Å². The van der Waals surface area contributed by atoms with Gasteiger partial charge in [-0.2, -0.15) is 0 Å². The number of aromatic nitrogens is 1. The van der Waals surface area contributed by atoms with Crippen molar-refractivity contribution >= 4 is 39.9 Å². The Kier molecular flexibility index (Phi) is 6.96. The first kappa shape index (κ1) is 22.2. The summed E-state index contributed by atoms with van der Waals surface area (Å²) in [6, 6.07) is 15.0. The standard InChI is InChI=1S/C23H23N3O4S2/c1-29-17-10-15(11-18(12-17)30-2)21(28)26-22-20(14-6-4-3-5-7-14)25-23(32-22)31-13-19(27)24-16-8-9-16/h3-7,10-12,16H,8-9,13H2,1-2H3,(H,24,27)(H,26,28). The summed E-state index contributed by atoms with van der Waals surface area (Å²) < 4.78 is 11.3. The monoisotopic (exact) mass is 469 g/mol. The molecule has 166 valence electrons. The van der Waals surface area contributed by atoms with E-state index in [1.807, 2.05) is 30.3 Å². The molecule has 1 heterocycles. The molecule has 1 fully saturated rings. The van der Waals surface area contributed by atoms with E-state index in [1.54, 1.807) is 18.2 Å². The second kappa shape index (κ2) is 10.1. The molecule has 32 heavy (non-hydrogen) atoms. The number of hydrogen-bond donors (Lipinski definition) is 2. The first-order valence-electron chi connectivity index (χ1n) is 10.1. The van der Waals surface area contributed by atoms with Crippen molar-refractivity contribution in [2.24, 2.45) is 0 Å². The number of carbonyl (C=O) groups is 2. The lowest BCUT2D eigenvalue weighted by molar-refractivity contribution is -0.118. The van der Waals surface area contributed by atoms with Gasteiger partial charge in [0, 0.05) is 23.2 Å². The van der Waals surface area contributed by atoms with E-state index in [0.717, 1.165) is 18.4 Å². The Morgan fingerprint density at radius 3 is 2.41 bits per heavy atom. The molecule has 1 aromatic heterocycles. The zero-order valence-electron chi connectivity index (χ0n) is 17.7. The van der Waals surface area contributed by atoms with Gasteiger partial charge < -0.3 is 20.1 Å². The van der Waals surface area contributed by atoms with E-state index >= 15 is 0 Å². The molecular weight excluding hydrogens is 446 g/mol. The third kappa shape index (κ3) is 5.60. The van der Waals surface area contributed by atoms with Crippen molar-refractivity contribution < 1.29 is 19.1 Å². The fourth-order valence-electron chi connectivity index (χ4n) is 2.98. The van der Waals surface area contributed by atoms with Crippen LogP contribution in [0, 0.1) is 0 Å². The molecule has 0 spiro atoms. The number of thioether (sulfide) groups is 1. The lowest BCUT2D eigenvalue weighted by Crippen LogP contribution is -2.26. The van der Waals surface area contributed by atoms with Crippen LogP contribution in [0.5, 0.6) is 11.5 Å². The number of hydrogen-bond acceptors (Lipinski definition) is 7. The Hall–Kier alpha value is -3.04. The number of thiazole rings is 1. The topological polar surface area (TPSA) is 89.5 Å². The molecule has 1 aliphatic rings. The van der Waals surface area contributed by atoms with E-state index in [4.69, 9.17) is 14.5 Å². The van der Waals surface area contributed by atoms with E-state index in [2.05, 4.69) is 10.6 Å². The van der Waals surface area contributed by atoms with Gasteiger partial charge in [0.2, 0.25) is 5.91 Å². The van der Waals surface area contributed by atoms with Crippen molar-refractivity contribution in [2.75, 3.05) is 25.3 Å². The van der Waals surface area contributed by atoms with Crippen LogP contribution in [0.1, 0.15) is 23.2 Å². The summed E-state index contributed by atoms with van der Waals surface area (Å²) in [5.41, 5.74) is 1.96. The molecule has 1 aliphatic carbocycles. The van der Waals surface area contributed by atoms with Gasteiger partial charge in [-0.25, -0.2) is 4.98 Å². The summed E-state index contributed by atoms with van der Waals surface area (Å²) in [5, 5.41) is 6.57. The van der Waals surface area contributed by atoms with Gasteiger partial charge in [0.15, 0.2) is 4.34 Å². The quantitative estimate of drug-likeness (QED) is 0.450. The van der Waals surface area contributed by atoms with Crippen molar-refractivity contribution in [3.05, 3.63) is 54.1 Å². The number of anilines is 1. The third-order valence-electron chi connectivity index (χ3n) is 4.76. The average Bonchev–Trinajstić information content (AvgIpc) is 3.55. The minimum Gasteiger partial charge on any atom is -0.497 e. The first-order valence-corrected chi connectivity index (χ1v) is 11.9. The lowest BCUT2D eigenvalue weighted by atomic mass is 10.1. The number of methoxy groups -OCH3 is 2. The van der Waals surface area contributed by atoms with E-state index in [0.29, 0.717) is 43.9 Å². The van der Waals surface area contributed by atoms with Crippen LogP contribution in [-0.4, -0.2) is 42.8 Å². The molecule has 1 saturated carbocycles. The highest BCUT2D eigenvalue weighted by atomic mass is 32.2. The maximum atomic E-state index is 13.0. The number of amides is 2. The largest absolute Gasteiger partial charge is 0.497 e. The van der Waals surface area contributed by atoms with Crippen LogP contribution in [0.15, 0.2) is 52.9 Å². The van der Waals surface area contributed by atoms with Crippen LogP contribution in [-0.2, 0) is 4.79 Å². The molecule has 2 amide bonds. The fraction of sp³-hybridized carbons (Fsp3) is 0.261. The molecule has 0 atom stereocenters. The molecule has 4 rings (SSSR count). The minimum atomic E-state index is -0.300. The number of nitrogens with zero attached hydrogens (tertiary/aromatic N) is 1. The van der Waals surface area contributed by atoms with Crippen LogP contribution in [0.4, 0.5) is 5.00 Å². The highest BCUT2D eigenvalue weighted by Gasteiger charge is 2.24. The average molecular weight is 470 g/mol. The molecule has 7 nitrogen and oxygen atoms in total. The summed E-state index contributed by atoms with van der Waals surface area (Å²) in [5.74, 6) is 1.05. The van der Waals surface area contributed by atoms with Gasteiger partial charge in [0.1, 0.15) is 22.2 Å². The molecule has 0 unspecified atom stereocenters. The van der Waals surface area contributed by atoms with Gasteiger partial charge in [-0.05, 0) is 25.0 Å². The van der Waals surface area contributed by atoms with Gasteiger partial charge in [-0.15, -0.1) is 0 Å². The number of ether oxygens (including phenoxy) is 2. The smallest absolute Gasteiger partial charge is 0.256 e. The first-order chi connectivity index (χ1) is 15.6. The maximum absolute atomic E-state index is 13.0. The molecule has 0 bridgehead atoms. The van der Waals surface area contributed by atoms with Crippen LogP contribution < -0.4 is 20.1 Å². The van der Waals surface area contributed by atoms with Gasteiger partial charge in [0.05, 0.1) is 20.0 Å². The Balaban J connectivity index is 1.56. The number of nitrogens with one attached hydrogen (secondary N) is 2.